The van der Waals surface area contributed by atoms with E-state index in [2.05, 4.69) is 72.6 Å². The topological polar surface area (TPSA) is 22.1 Å². The van der Waals surface area contributed by atoms with E-state index in [1.807, 2.05) is 18.2 Å². The van der Waals surface area contributed by atoms with E-state index in [4.69, 9.17) is 16.3 Å². The number of aromatic nitrogens is 1. The fourth-order valence-corrected chi connectivity index (χ4v) is 3.71. The van der Waals surface area contributed by atoms with Gasteiger partial charge in [0, 0.05) is 11.6 Å². The van der Waals surface area contributed by atoms with Gasteiger partial charge in [-0.1, -0.05) is 56.6 Å². The van der Waals surface area contributed by atoms with Crippen LogP contribution in [0.3, 0.4) is 0 Å². The summed E-state index contributed by atoms with van der Waals surface area (Å²) in [6.07, 6.45) is 1.76. The molecule has 0 radical (unpaired) electrons. The number of hydrogen-bond donors (Lipinski definition) is 0. The lowest BCUT2D eigenvalue weighted by Crippen LogP contribution is -2.10. The number of hydrogen-bond acceptors (Lipinski definition) is 2. The summed E-state index contributed by atoms with van der Waals surface area (Å²) in [4.78, 5) is 4.45. The van der Waals surface area contributed by atoms with Crippen LogP contribution in [-0.2, 0) is 12.0 Å². The van der Waals surface area contributed by atoms with E-state index in [1.165, 1.54) is 5.56 Å². The van der Waals surface area contributed by atoms with E-state index < -0.39 is 0 Å². The maximum atomic E-state index is 6.31. The van der Waals surface area contributed by atoms with Gasteiger partial charge in [-0.3, -0.25) is 4.98 Å². The Morgan fingerprint density at radius 1 is 1.12 bits per heavy atom. The quantitative estimate of drug-likeness (QED) is 0.432. The molecule has 3 aromatic rings. The molecule has 0 saturated carbocycles. The van der Waals surface area contributed by atoms with Gasteiger partial charge in [-0.2, -0.15) is 0 Å². The first-order valence-corrected chi connectivity index (χ1v) is 9.27. The van der Waals surface area contributed by atoms with Crippen molar-refractivity contribution in [1.82, 2.24) is 4.98 Å². The average molecular weight is 452 g/mol. The van der Waals surface area contributed by atoms with Gasteiger partial charge in [0.2, 0.25) is 0 Å². The van der Waals surface area contributed by atoms with Gasteiger partial charge in [0.15, 0.2) is 5.75 Å². The molecule has 0 aliphatic rings. The number of halogens is 2. The SMILES string of the molecule is CC(C)(C)c1ccc(COc2c(I)cc(Cl)c3cccnc23)cc1. The summed E-state index contributed by atoms with van der Waals surface area (Å²) in [5, 5.41) is 1.61. The first-order chi connectivity index (χ1) is 11.4. The van der Waals surface area contributed by atoms with Gasteiger partial charge < -0.3 is 4.74 Å². The fraction of sp³-hybridized carbons (Fsp3) is 0.250. The van der Waals surface area contributed by atoms with Crippen LogP contribution in [0.15, 0.2) is 48.7 Å². The lowest BCUT2D eigenvalue weighted by molar-refractivity contribution is 0.307. The van der Waals surface area contributed by atoms with Crippen LogP contribution >= 0.6 is 34.2 Å². The molecular weight excluding hydrogens is 433 g/mol. The summed E-state index contributed by atoms with van der Waals surface area (Å²) >= 11 is 8.55. The molecule has 0 amide bonds. The number of pyridine rings is 1. The molecule has 1 aromatic heterocycles. The van der Waals surface area contributed by atoms with E-state index in [1.54, 1.807) is 6.20 Å². The van der Waals surface area contributed by atoms with Crippen molar-refractivity contribution in [3.8, 4) is 5.75 Å². The summed E-state index contributed by atoms with van der Waals surface area (Å²) < 4.78 is 7.06. The van der Waals surface area contributed by atoms with Crippen molar-refractivity contribution < 1.29 is 4.74 Å². The average Bonchev–Trinajstić information content (AvgIpc) is 2.54. The monoisotopic (exact) mass is 451 g/mol. The van der Waals surface area contributed by atoms with E-state index in [0.29, 0.717) is 11.6 Å². The molecule has 0 fully saturated rings. The summed E-state index contributed by atoms with van der Waals surface area (Å²) in [7, 11) is 0. The molecular formula is C20H19ClINO. The molecule has 0 aliphatic heterocycles. The minimum Gasteiger partial charge on any atom is -0.485 e. The molecule has 0 spiro atoms. The zero-order valence-corrected chi connectivity index (χ0v) is 16.9. The fourth-order valence-electron chi connectivity index (χ4n) is 2.54. The minimum absolute atomic E-state index is 0.158. The van der Waals surface area contributed by atoms with Crippen LogP contribution in [0.4, 0.5) is 0 Å². The molecule has 24 heavy (non-hydrogen) atoms. The van der Waals surface area contributed by atoms with Crippen LogP contribution in [0.5, 0.6) is 5.75 Å². The third-order valence-corrected chi connectivity index (χ3v) is 5.07. The molecule has 0 unspecified atom stereocenters. The van der Waals surface area contributed by atoms with Gasteiger partial charge in [-0.05, 0) is 57.3 Å². The van der Waals surface area contributed by atoms with Crippen LogP contribution in [0, 0.1) is 3.57 Å². The van der Waals surface area contributed by atoms with Crippen LogP contribution in [0.1, 0.15) is 31.9 Å². The van der Waals surface area contributed by atoms with Crippen molar-refractivity contribution in [1.29, 1.82) is 0 Å². The van der Waals surface area contributed by atoms with Gasteiger partial charge in [-0.25, -0.2) is 0 Å². The molecule has 0 bridgehead atoms. The third-order valence-electron chi connectivity index (χ3n) is 3.95. The molecule has 0 atom stereocenters. The smallest absolute Gasteiger partial charge is 0.159 e. The number of nitrogens with zero attached hydrogens (tertiary/aromatic N) is 1. The Balaban J connectivity index is 1.86. The van der Waals surface area contributed by atoms with Crippen molar-refractivity contribution in [2.24, 2.45) is 0 Å². The second-order valence-electron chi connectivity index (χ2n) is 6.80. The van der Waals surface area contributed by atoms with Gasteiger partial charge in [0.1, 0.15) is 12.1 Å². The minimum atomic E-state index is 0.158. The van der Waals surface area contributed by atoms with Gasteiger partial charge in [0.05, 0.1) is 8.59 Å². The summed E-state index contributed by atoms with van der Waals surface area (Å²) in [6.45, 7) is 7.15. The van der Waals surface area contributed by atoms with E-state index in [9.17, 15) is 0 Å². The molecule has 3 rings (SSSR count). The summed E-state index contributed by atoms with van der Waals surface area (Å²) in [5.74, 6) is 0.787. The number of fused-ring (bicyclic) bond motifs is 1. The van der Waals surface area contributed by atoms with Gasteiger partial charge in [0.25, 0.3) is 0 Å². The Labute approximate surface area is 161 Å². The largest absolute Gasteiger partial charge is 0.485 e. The van der Waals surface area contributed by atoms with Crippen LogP contribution in [0.2, 0.25) is 5.02 Å². The number of ether oxygens (including phenoxy) is 1. The van der Waals surface area contributed by atoms with E-state index in [0.717, 1.165) is 25.8 Å². The van der Waals surface area contributed by atoms with E-state index in [-0.39, 0.29) is 5.41 Å². The Morgan fingerprint density at radius 3 is 2.50 bits per heavy atom. The standard InChI is InChI=1S/C20H19ClINO/c1-20(2,3)14-8-6-13(7-9-14)12-24-19-17(22)11-16(21)15-5-4-10-23-18(15)19/h4-11H,12H2,1-3H3. The van der Waals surface area contributed by atoms with Crippen LogP contribution in [-0.4, -0.2) is 4.98 Å². The summed E-state index contributed by atoms with van der Waals surface area (Å²) in [5.41, 5.74) is 3.42. The van der Waals surface area contributed by atoms with Crippen molar-refractivity contribution in [2.75, 3.05) is 0 Å². The molecule has 0 saturated heterocycles. The molecule has 2 nitrogen and oxygen atoms in total. The second-order valence-corrected chi connectivity index (χ2v) is 8.37. The lowest BCUT2D eigenvalue weighted by atomic mass is 9.87. The highest BCUT2D eigenvalue weighted by molar-refractivity contribution is 14.1. The molecule has 0 aliphatic carbocycles. The lowest BCUT2D eigenvalue weighted by Gasteiger charge is -2.19. The van der Waals surface area contributed by atoms with Crippen molar-refractivity contribution in [2.45, 2.75) is 32.8 Å². The first-order valence-electron chi connectivity index (χ1n) is 7.81. The Hall–Kier alpha value is -1.33. The van der Waals surface area contributed by atoms with Crippen molar-refractivity contribution >= 4 is 45.1 Å². The normalized spacial score (nSPS) is 11.7. The van der Waals surface area contributed by atoms with Crippen LogP contribution < -0.4 is 4.74 Å². The highest BCUT2D eigenvalue weighted by Gasteiger charge is 2.14. The maximum Gasteiger partial charge on any atom is 0.159 e. The second kappa shape index (κ2) is 6.89. The zero-order chi connectivity index (χ0) is 17.3. The number of rotatable bonds is 3. The zero-order valence-electron chi connectivity index (χ0n) is 13.9. The maximum absolute atomic E-state index is 6.31. The third kappa shape index (κ3) is 3.67. The van der Waals surface area contributed by atoms with Crippen LogP contribution in [0.25, 0.3) is 10.9 Å². The predicted octanol–water partition coefficient (Wildman–Crippen LogP) is 6.37. The van der Waals surface area contributed by atoms with E-state index >= 15 is 0 Å². The Kier molecular flexibility index (Phi) is 5.02. The molecule has 0 N–H and O–H groups in total. The first kappa shape index (κ1) is 17.5. The molecule has 2 aromatic carbocycles. The predicted molar refractivity (Wildman–Crippen MR) is 109 cm³/mol. The van der Waals surface area contributed by atoms with Crippen molar-refractivity contribution in [3.63, 3.8) is 0 Å². The van der Waals surface area contributed by atoms with Gasteiger partial charge in [-0.15, -0.1) is 0 Å². The van der Waals surface area contributed by atoms with Crippen molar-refractivity contribution in [3.05, 3.63) is 68.4 Å². The van der Waals surface area contributed by atoms with Gasteiger partial charge >= 0.3 is 0 Å². The summed E-state index contributed by atoms with van der Waals surface area (Å²) in [6, 6.07) is 14.4. The Morgan fingerprint density at radius 2 is 1.83 bits per heavy atom. The molecule has 4 heteroatoms. The highest BCUT2D eigenvalue weighted by Crippen LogP contribution is 2.35. The molecule has 124 valence electrons. The molecule has 1 heterocycles. The Bertz CT molecular complexity index is 869. The highest BCUT2D eigenvalue weighted by atomic mass is 127. The number of benzene rings is 2.